The number of fused-ring (bicyclic) bond motifs is 1. The maximum absolute atomic E-state index is 6.03. The van der Waals surface area contributed by atoms with Gasteiger partial charge in [0, 0.05) is 34.8 Å². The van der Waals surface area contributed by atoms with E-state index in [-0.39, 0.29) is 0 Å². The highest BCUT2D eigenvalue weighted by Crippen LogP contribution is 2.41. The van der Waals surface area contributed by atoms with Gasteiger partial charge >= 0.3 is 0 Å². The Morgan fingerprint density at radius 3 is 2.23 bits per heavy atom. The van der Waals surface area contributed by atoms with Crippen LogP contribution in [0, 0.1) is 0 Å². The summed E-state index contributed by atoms with van der Waals surface area (Å²) >= 11 is 0. The summed E-state index contributed by atoms with van der Waals surface area (Å²) in [4.78, 5) is 14.3. The van der Waals surface area contributed by atoms with E-state index < -0.39 is 0 Å². The van der Waals surface area contributed by atoms with Gasteiger partial charge in [-0.2, -0.15) is 0 Å². The van der Waals surface area contributed by atoms with Crippen molar-refractivity contribution in [2.75, 3.05) is 32.4 Å². The first-order chi connectivity index (χ1) is 17.1. The van der Waals surface area contributed by atoms with E-state index in [1.165, 1.54) is 0 Å². The molecule has 0 radical (unpaired) electrons. The molecule has 0 saturated heterocycles. The lowest BCUT2D eigenvalue weighted by atomic mass is 10.2. The lowest BCUT2D eigenvalue weighted by molar-refractivity contribution is 0.324. The van der Waals surface area contributed by atoms with E-state index in [1.54, 1.807) is 27.7 Å². The lowest BCUT2D eigenvalue weighted by Crippen LogP contribution is -2.03. The van der Waals surface area contributed by atoms with Gasteiger partial charge in [0.1, 0.15) is 6.33 Å². The van der Waals surface area contributed by atoms with Crippen LogP contribution in [0.4, 0.5) is 17.2 Å². The van der Waals surface area contributed by atoms with Gasteiger partial charge in [-0.05, 0) is 24.3 Å². The summed E-state index contributed by atoms with van der Waals surface area (Å²) in [6.07, 6.45) is 1.73. The Bertz CT molecular complexity index is 1480. The van der Waals surface area contributed by atoms with Gasteiger partial charge in [-0.3, -0.25) is 4.57 Å². The number of nitrogens with two attached hydrogens (primary N) is 1. The number of ether oxygens (including phenoxy) is 3. The van der Waals surface area contributed by atoms with Crippen molar-refractivity contribution in [3.63, 3.8) is 0 Å². The summed E-state index contributed by atoms with van der Waals surface area (Å²) in [7, 11) is 4.71. The number of aromatic nitrogens is 4. The predicted octanol–water partition coefficient (Wildman–Crippen LogP) is 4.83. The molecule has 9 heteroatoms. The number of nitrogens with one attached hydrogen (secondary N) is 1. The molecule has 0 spiro atoms. The molecule has 0 bridgehead atoms. The van der Waals surface area contributed by atoms with Crippen molar-refractivity contribution < 1.29 is 14.2 Å². The molecule has 176 valence electrons. The number of imidazole rings is 1. The molecule has 0 saturated carbocycles. The van der Waals surface area contributed by atoms with Gasteiger partial charge in [0.05, 0.1) is 21.3 Å². The van der Waals surface area contributed by atoms with Crippen molar-refractivity contribution in [3.05, 3.63) is 73.1 Å². The average Bonchev–Trinajstić information content (AvgIpc) is 3.33. The van der Waals surface area contributed by atoms with Gasteiger partial charge in [-0.15, -0.1) is 0 Å². The number of rotatable bonds is 7. The molecule has 9 nitrogen and oxygen atoms in total. The first-order valence-corrected chi connectivity index (χ1v) is 10.8. The molecule has 3 aromatic carbocycles. The quantitative estimate of drug-likeness (QED) is 0.327. The maximum atomic E-state index is 6.03. The summed E-state index contributed by atoms with van der Waals surface area (Å²) in [5.74, 6) is 2.58. The third-order valence-electron chi connectivity index (χ3n) is 5.50. The Morgan fingerprint density at radius 1 is 0.829 bits per heavy atom. The van der Waals surface area contributed by atoms with E-state index in [9.17, 15) is 0 Å². The number of nitrogens with zero attached hydrogens (tertiary/aromatic N) is 4. The first kappa shape index (κ1) is 22.0. The zero-order valence-corrected chi connectivity index (χ0v) is 19.5. The van der Waals surface area contributed by atoms with Crippen molar-refractivity contribution in [1.82, 2.24) is 19.5 Å². The number of methoxy groups -OCH3 is 3. The highest BCUT2D eigenvalue weighted by atomic mass is 16.5. The molecule has 2 aromatic heterocycles. The van der Waals surface area contributed by atoms with Gasteiger partial charge < -0.3 is 25.3 Å². The SMILES string of the molecule is COc1cc(Nc2nc(-c3cccc(N)c3)nc3c2ncn3-c2ccccc2)cc(OC)c1OC. The zero-order chi connectivity index (χ0) is 24.4. The molecule has 0 unspecified atom stereocenters. The molecule has 35 heavy (non-hydrogen) atoms. The molecule has 2 heterocycles. The Kier molecular flexibility index (Phi) is 5.80. The first-order valence-electron chi connectivity index (χ1n) is 10.8. The molecule has 0 amide bonds. The van der Waals surface area contributed by atoms with Crippen LogP contribution in [0.25, 0.3) is 28.2 Å². The van der Waals surface area contributed by atoms with E-state index >= 15 is 0 Å². The molecule has 5 aromatic rings. The van der Waals surface area contributed by atoms with E-state index in [0.717, 1.165) is 11.3 Å². The Balaban J connectivity index is 1.70. The topological polar surface area (TPSA) is 109 Å². The standard InChI is InChI=1S/C26H24N6O3/c1-33-20-13-18(14-21(34-2)23(20)35-3)29-25-22-26(32(15-28-22)19-10-5-4-6-11-19)31-24(30-25)16-8-7-9-17(27)12-16/h4-15H,27H2,1-3H3,(H,29,30,31). The molecule has 0 atom stereocenters. The second-order valence-electron chi connectivity index (χ2n) is 7.68. The van der Waals surface area contributed by atoms with Gasteiger partial charge in [-0.1, -0.05) is 30.3 Å². The van der Waals surface area contributed by atoms with Crippen LogP contribution >= 0.6 is 0 Å². The largest absolute Gasteiger partial charge is 0.493 e. The Morgan fingerprint density at radius 2 is 1.57 bits per heavy atom. The fraction of sp³-hybridized carbons (Fsp3) is 0.115. The molecule has 5 rings (SSSR count). The van der Waals surface area contributed by atoms with Crippen molar-refractivity contribution in [3.8, 4) is 34.3 Å². The van der Waals surface area contributed by atoms with E-state index in [4.69, 9.17) is 29.9 Å². The zero-order valence-electron chi connectivity index (χ0n) is 19.5. The monoisotopic (exact) mass is 468 g/mol. The van der Waals surface area contributed by atoms with E-state index in [0.29, 0.717) is 51.4 Å². The van der Waals surface area contributed by atoms with Crippen molar-refractivity contribution in [2.24, 2.45) is 0 Å². The summed E-state index contributed by atoms with van der Waals surface area (Å²) < 4.78 is 18.4. The van der Waals surface area contributed by atoms with Crippen molar-refractivity contribution >= 4 is 28.4 Å². The summed E-state index contributed by atoms with van der Waals surface area (Å²) in [5.41, 5.74) is 10.3. The molecule has 0 fully saturated rings. The van der Waals surface area contributed by atoms with Crippen LogP contribution < -0.4 is 25.3 Å². The van der Waals surface area contributed by atoms with Crippen molar-refractivity contribution in [1.29, 1.82) is 0 Å². The predicted molar refractivity (Wildman–Crippen MR) is 136 cm³/mol. The van der Waals surface area contributed by atoms with Gasteiger partial charge in [0.25, 0.3) is 0 Å². The minimum absolute atomic E-state index is 0.502. The van der Waals surface area contributed by atoms with Crippen LogP contribution in [0.3, 0.4) is 0 Å². The van der Waals surface area contributed by atoms with Gasteiger partial charge in [0.2, 0.25) is 5.75 Å². The minimum atomic E-state index is 0.502. The molecule has 0 aliphatic heterocycles. The third kappa shape index (κ3) is 4.15. The second-order valence-corrected chi connectivity index (χ2v) is 7.68. The average molecular weight is 469 g/mol. The van der Waals surface area contributed by atoms with Crippen LogP contribution in [0.1, 0.15) is 0 Å². The number of hydrogen-bond donors (Lipinski definition) is 2. The van der Waals surface area contributed by atoms with Crippen LogP contribution in [0.2, 0.25) is 0 Å². The molecular formula is C26H24N6O3. The fourth-order valence-electron chi connectivity index (χ4n) is 3.86. The highest BCUT2D eigenvalue weighted by molar-refractivity contribution is 5.89. The number of anilines is 3. The summed E-state index contributed by atoms with van der Waals surface area (Å²) in [6.45, 7) is 0. The summed E-state index contributed by atoms with van der Waals surface area (Å²) in [6, 6.07) is 21.0. The highest BCUT2D eigenvalue weighted by Gasteiger charge is 2.18. The van der Waals surface area contributed by atoms with Crippen LogP contribution in [-0.4, -0.2) is 40.8 Å². The smallest absolute Gasteiger partial charge is 0.203 e. The number of nitrogen functional groups attached to an aromatic ring is 1. The normalized spacial score (nSPS) is 10.8. The van der Waals surface area contributed by atoms with Gasteiger partial charge in [-0.25, -0.2) is 15.0 Å². The number of benzene rings is 3. The molecule has 3 N–H and O–H groups in total. The number of hydrogen-bond acceptors (Lipinski definition) is 8. The molecular weight excluding hydrogens is 444 g/mol. The Labute approximate surface area is 202 Å². The fourth-order valence-corrected chi connectivity index (χ4v) is 3.86. The van der Waals surface area contributed by atoms with Crippen molar-refractivity contribution in [2.45, 2.75) is 0 Å². The van der Waals surface area contributed by atoms with E-state index in [1.807, 2.05) is 71.3 Å². The summed E-state index contributed by atoms with van der Waals surface area (Å²) in [5, 5.41) is 3.36. The van der Waals surface area contributed by atoms with Crippen LogP contribution in [-0.2, 0) is 0 Å². The minimum Gasteiger partial charge on any atom is -0.493 e. The third-order valence-corrected chi connectivity index (χ3v) is 5.50. The van der Waals surface area contributed by atoms with Crippen LogP contribution in [0.15, 0.2) is 73.1 Å². The second kappa shape index (κ2) is 9.22. The Hall–Kier alpha value is -4.79. The van der Waals surface area contributed by atoms with Gasteiger partial charge in [0.15, 0.2) is 34.3 Å². The molecule has 0 aliphatic rings. The lowest BCUT2D eigenvalue weighted by Gasteiger charge is -2.15. The van der Waals surface area contributed by atoms with Crippen LogP contribution in [0.5, 0.6) is 17.2 Å². The number of para-hydroxylation sites is 1. The molecule has 0 aliphatic carbocycles. The van der Waals surface area contributed by atoms with E-state index in [2.05, 4.69) is 10.3 Å². The maximum Gasteiger partial charge on any atom is 0.203 e.